The molecule has 0 aliphatic carbocycles. The van der Waals surface area contributed by atoms with E-state index in [0.717, 1.165) is 28.2 Å². The molecule has 0 bridgehead atoms. The minimum absolute atomic E-state index is 0.0798. The van der Waals surface area contributed by atoms with Crippen LogP contribution in [0.2, 0.25) is 0 Å². The fourth-order valence-electron chi connectivity index (χ4n) is 4.34. The number of aromatic nitrogens is 1. The third-order valence-electron chi connectivity index (χ3n) is 6.68. The molecule has 210 valence electrons. The molecule has 0 amide bonds. The van der Waals surface area contributed by atoms with Crippen molar-refractivity contribution < 1.29 is 29.3 Å². The maximum atomic E-state index is 12.5. The van der Waals surface area contributed by atoms with Crippen LogP contribution in [-0.4, -0.2) is 58.2 Å². The van der Waals surface area contributed by atoms with E-state index in [1.165, 1.54) is 20.1 Å². The monoisotopic (exact) mass is 538 g/mol. The number of carbonyl (C=O) groups is 3. The van der Waals surface area contributed by atoms with Gasteiger partial charge in [0.25, 0.3) is 0 Å². The lowest BCUT2D eigenvalue weighted by Crippen LogP contribution is -2.29. The summed E-state index contributed by atoms with van der Waals surface area (Å²) in [6.45, 7) is 16.1. The van der Waals surface area contributed by atoms with E-state index in [4.69, 9.17) is 4.74 Å². The molecule has 1 aromatic rings. The highest BCUT2D eigenvalue weighted by Gasteiger charge is 2.35. The second kappa shape index (κ2) is 13.5. The zero-order valence-corrected chi connectivity index (χ0v) is 23.2. The predicted molar refractivity (Wildman–Crippen MR) is 153 cm³/mol. The van der Waals surface area contributed by atoms with E-state index in [-0.39, 0.29) is 31.3 Å². The van der Waals surface area contributed by atoms with Gasteiger partial charge in [-0.05, 0) is 58.5 Å². The van der Waals surface area contributed by atoms with Gasteiger partial charge in [-0.25, -0.2) is 4.79 Å². The topological polar surface area (TPSA) is 153 Å². The highest BCUT2D eigenvalue weighted by molar-refractivity contribution is 5.90. The largest absolute Gasteiger partial charge is 0.481 e. The molecule has 0 spiro atoms. The average Bonchev–Trinajstić information content (AvgIpc) is 3.34. The van der Waals surface area contributed by atoms with Crippen LogP contribution in [-0.2, 0) is 19.1 Å². The van der Waals surface area contributed by atoms with E-state index in [9.17, 15) is 24.6 Å². The summed E-state index contributed by atoms with van der Waals surface area (Å²) in [4.78, 5) is 47.0. The number of allylic oxidation sites excluding steroid dienone is 2. The van der Waals surface area contributed by atoms with Crippen LogP contribution in [0, 0.1) is 18.8 Å². The molecule has 1 aromatic heterocycles. The predicted octanol–water partition coefficient (Wildman–Crippen LogP) is 4.84. The van der Waals surface area contributed by atoms with Crippen molar-refractivity contribution in [3.05, 3.63) is 52.3 Å². The fraction of sp³-hybridized carbons (Fsp3) is 0.414. The summed E-state index contributed by atoms with van der Waals surface area (Å²) in [5.74, 6) is -2.97. The lowest BCUT2D eigenvalue weighted by molar-refractivity contribution is -0.142. The standard InChI is InChI=1S/C29H38N4O6/c1-8-20-17(3)23(32-22(20)12-13-30-7)15-24-18(4)21(10-11-25(34)35)27(33-24)19(14-26(36)39-9-2)16-31-29(5,6)28(37)38/h8,12-13,15-16,18,21,32-33H,1,7,9-11,14H2,2-6H3,(H,34,35)(H,37,38)/b13-12-,24-15-,27-19-,31-16?/t18-,21-/m0/s1. The summed E-state index contributed by atoms with van der Waals surface area (Å²) in [7, 11) is 0. The minimum Gasteiger partial charge on any atom is -0.481 e. The van der Waals surface area contributed by atoms with Crippen LogP contribution in [0.1, 0.15) is 69.5 Å². The third-order valence-corrected chi connectivity index (χ3v) is 6.68. The highest BCUT2D eigenvalue weighted by Crippen LogP contribution is 2.39. The van der Waals surface area contributed by atoms with Crippen LogP contribution < -0.4 is 5.32 Å². The Bertz CT molecular complexity index is 1250. The number of hydrogen-bond donors (Lipinski definition) is 4. The number of aliphatic imine (C=N–C) groups is 2. The molecule has 0 saturated carbocycles. The number of esters is 1. The van der Waals surface area contributed by atoms with Gasteiger partial charge < -0.3 is 25.3 Å². The number of rotatable bonds is 13. The normalized spacial score (nSPS) is 19.9. The van der Waals surface area contributed by atoms with Crippen molar-refractivity contribution in [2.75, 3.05) is 6.61 Å². The van der Waals surface area contributed by atoms with Crippen molar-refractivity contribution in [3.63, 3.8) is 0 Å². The SMILES string of the molecule is C=Cc1c(/C=C\N=C)[nH]c(/C=C2\N/C(=C(\C=NC(C)(C)C(=O)O)CC(=O)OCC)[C@@H](CCC(=O)O)[C@@H]2C)c1C. The molecule has 10 nitrogen and oxygen atoms in total. The quantitative estimate of drug-likeness (QED) is 0.207. The smallest absolute Gasteiger partial charge is 0.330 e. The van der Waals surface area contributed by atoms with Crippen molar-refractivity contribution >= 4 is 49.1 Å². The van der Waals surface area contributed by atoms with Gasteiger partial charge >= 0.3 is 17.9 Å². The first-order valence-corrected chi connectivity index (χ1v) is 12.7. The van der Waals surface area contributed by atoms with E-state index in [1.54, 1.807) is 25.3 Å². The number of carbonyl (C=O) groups excluding carboxylic acids is 1. The minimum atomic E-state index is -1.42. The molecule has 0 aromatic carbocycles. The molecular weight excluding hydrogens is 500 g/mol. The maximum Gasteiger partial charge on any atom is 0.330 e. The van der Waals surface area contributed by atoms with Gasteiger partial charge in [-0.15, -0.1) is 0 Å². The number of aliphatic carboxylic acids is 2. The van der Waals surface area contributed by atoms with Crippen LogP contribution in [0.25, 0.3) is 18.2 Å². The van der Waals surface area contributed by atoms with E-state index in [1.807, 2.05) is 19.9 Å². The molecule has 2 atom stereocenters. The van der Waals surface area contributed by atoms with Crippen molar-refractivity contribution in [1.82, 2.24) is 10.3 Å². The molecule has 39 heavy (non-hydrogen) atoms. The van der Waals surface area contributed by atoms with Crippen molar-refractivity contribution in [3.8, 4) is 0 Å². The van der Waals surface area contributed by atoms with Crippen molar-refractivity contribution in [2.45, 2.75) is 59.4 Å². The van der Waals surface area contributed by atoms with E-state index < -0.39 is 23.4 Å². The van der Waals surface area contributed by atoms with Gasteiger partial charge in [-0.1, -0.05) is 19.6 Å². The molecule has 1 fully saturated rings. The molecule has 4 N–H and O–H groups in total. The van der Waals surface area contributed by atoms with Crippen LogP contribution in [0.4, 0.5) is 0 Å². The highest BCUT2D eigenvalue weighted by atomic mass is 16.5. The lowest BCUT2D eigenvalue weighted by Gasteiger charge is -2.18. The summed E-state index contributed by atoms with van der Waals surface area (Å²) in [5.41, 5.74) is 3.98. The third kappa shape index (κ3) is 7.89. The number of carboxylic acids is 2. The fourth-order valence-corrected chi connectivity index (χ4v) is 4.34. The van der Waals surface area contributed by atoms with Crippen LogP contribution in [0.15, 0.2) is 39.7 Å². The summed E-state index contributed by atoms with van der Waals surface area (Å²) in [5, 5.41) is 22.3. The summed E-state index contributed by atoms with van der Waals surface area (Å²) in [6, 6.07) is 0. The van der Waals surface area contributed by atoms with Gasteiger partial charge in [0, 0.05) is 64.6 Å². The van der Waals surface area contributed by atoms with Gasteiger partial charge in [0.15, 0.2) is 5.54 Å². The molecule has 2 rings (SSSR count). The number of nitrogens with one attached hydrogen (secondary N) is 2. The Kier molecular flexibility index (Phi) is 10.8. The summed E-state index contributed by atoms with van der Waals surface area (Å²) < 4.78 is 5.15. The number of carboxylic acid groups (broad SMARTS) is 2. The van der Waals surface area contributed by atoms with Crippen LogP contribution in [0.5, 0.6) is 0 Å². The Morgan fingerprint density at radius 2 is 1.90 bits per heavy atom. The molecule has 2 heterocycles. The Balaban J connectivity index is 2.68. The summed E-state index contributed by atoms with van der Waals surface area (Å²) >= 11 is 0. The second-order valence-corrected chi connectivity index (χ2v) is 9.79. The van der Waals surface area contributed by atoms with Gasteiger partial charge in [0.2, 0.25) is 0 Å². The Morgan fingerprint density at radius 1 is 1.21 bits per heavy atom. The molecule has 1 saturated heterocycles. The van der Waals surface area contributed by atoms with Crippen molar-refractivity contribution in [2.24, 2.45) is 21.8 Å². The second-order valence-electron chi connectivity index (χ2n) is 9.79. The number of aromatic amines is 1. The average molecular weight is 539 g/mol. The van der Waals surface area contributed by atoms with Crippen molar-refractivity contribution in [1.29, 1.82) is 0 Å². The number of hydrogen-bond acceptors (Lipinski definition) is 7. The molecule has 0 radical (unpaired) electrons. The van der Waals surface area contributed by atoms with Gasteiger partial charge in [-0.3, -0.25) is 19.6 Å². The van der Waals surface area contributed by atoms with Gasteiger partial charge in [0.1, 0.15) is 0 Å². The lowest BCUT2D eigenvalue weighted by atomic mass is 9.86. The zero-order valence-electron chi connectivity index (χ0n) is 23.2. The Hall–Kier alpha value is -4.21. The van der Waals surface area contributed by atoms with E-state index in [0.29, 0.717) is 17.7 Å². The first kappa shape index (κ1) is 31.0. The van der Waals surface area contributed by atoms with Gasteiger partial charge in [0.05, 0.1) is 13.0 Å². The molecule has 1 aliphatic heterocycles. The first-order valence-electron chi connectivity index (χ1n) is 12.7. The summed E-state index contributed by atoms with van der Waals surface area (Å²) in [6.07, 6.45) is 8.54. The van der Waals surface area contributed by atoms with E-state index >= 15 is 0 Å². The van der Waals surface area contributed by atoms with E-state index in [2.05, 4.69) is 33.6 Å². The maximum absolute atomic E-state index is 12.5. The molecular formula is C29H38N4O6. The first-order chi connectivity index (χ1) is 18.4. The molecule has 10 heteroatoms. The van der Waals surface area contributed by atoms with Gasteiger partial charge in [-0.2, -0.15) is 0 Å². The Labute approximate surface area is 229 Å². The Morgan fingerprint density at radius 3 is 2.46 bits per heavy atom. The molecule has 0 unspecified atom stereocenters. The van der Waals surface area contributed by atoms with Crippen LogP contribution >= 0.6 is 0 Å². The number of ether oxygens (including phenoxy) is 1. The van der Waals surface area contributed by atoms with Crippen LogP contribution in [0.3, 0.4) is 0 Å². The number of H-pyrrole nitrogens is 1. The molecule has 1 aliphatic rings. The zero-order chi connectivity index (χ0) is 29.3. The number of nitrogens with zero attached hydrogens (tertiary/aromatic N) is 2.